The predicted octanol–water partition coefficient (Wildman–Crippen LogP) is 7.30. The Morgan fingerprint density at radius 2 is 1.55 bits per heavy atom. The van der Waals surface area contributed by atoms with Gasteiger partial charge in [0.1, 0.15) is 29.2 Å². The highest BCUT2D eigenvalue weighted by atomic mass is 35.5. The largest absolute Gasteiger partial charge is 0.494 e. The maximum Gasteiger partial charge on any atom is 0.156 e. The van der Waals surface area contributed by atoms with Gasteiger partial charge in [0, 0.05) is 12.1 Å². The van der Waals surface area contributed by atoms with Crippen LogP contribution in [0.1, 0.15) is 25.3 Å². The predicted molar refractivity (Wildman–Crippen MR) is 128 cm³/mol. The molecule has 31 heavy (non-hydrogen) atoms. The monoisotopic (exact) mass is 505 g/mol. The van der Waals surface area contributed by atoms with Crippen molar-refractivity contribution in [3.05, 3.63) is 62.6 Å². The van der Waals surface area contributed by atoms with E-state index < -0.39 is 0 Å². The van der Waals surface area contributed by atoms with Gasteiger partial charge in [0.25, 0.3) is 0 Å². The third-order valence-electron chi connectivity index (χ3n) is 3.80. The summed E-state index contributed by atoms with van der Waals surface area (Å²) in [6.45, 7) is 3.66. The minimum Gasteiger partial charge on any atom is -0.494 e. The quantitative estimate of drug-likeness (QED) is 0.162. The molecule has 0 radical (unpaired) electrons. The number of nitrogens with zero attached hydrogens (tertiary/aromatic N) is 1. The van der Waals surface area contributed by atoms with Gasteiger partial charge in [0.15, 0.2) is 5.75 Å². The van der Waals surface area contributed by atoms with Gasteiger partial charge in [-0.3, -0.25) is 0 Å². The van der Waals surface area contributed by atoms with Crippen molar-refractivity contribution in [3.63, 3.8) is 0 Å². The lowest BCUT2D eigenvalue weighted by molar-refractivity contribution is 0.160. The van der Waals surface area contributed by atoms with Crippen LogP contribution < -0.4 is 14.2 Å². The Bertz CT molecular complexity index is 845. The SMILES string of the molecule is CCO/N=C/c1ccc(OCCCCOc2c(Cl)cc(OCC=C(Cl)Cl)cc2Cl)cc1. The summed E-state index contributed by atoms with van der Waals surface area (Å²) >= 11 is 23.6. The minimum absolute atomic E-state index is 0.130. The van der Waals surface area contributed by atoms with Gasteiger partial charge >= 0.3 is 0 Å². The second kappa shape index (κ2) is 14.3. The zero-order valence-electron chi connectivity index (χ0n) is 17.0. The van der Waals surface area contributed by atoms with E-state index in [1.165, 1.54) is 6.08 Å². The average molecular weight is 507 g/mol. The van der Waals surface area contributed by atoms with E-state index in [2.05, 4.69) is 5.16 Å². The number of oxime groups is 1. The minimum atomic E-state index is 0.130. The molecule has 0 fully saturated rings. The first-order chi connectivity index (χ1) is 15.0. The van der Waals surface area contributed by atoms with Crippen molar-refractivity contribution in [2.24, 2.45) is 5.16 Å². The van der Waals surface area contributed by atoms with Gasteiger partial charge in [-0.25, -0.2) is 0 Å². The molecule has 2 rings (SSSR count). The van der Waals surface area contributed by atoms with Crippen LogP contribution in [-0.4, -0.2) is 32.6 Å². The summed E-state index contributed by atoms with van der Waals surface area (Å²) in [4.78, 5) is 4.94. The van der Waals surface area contributed by atoms with E-state index >= 15 is 0 Å². The summed E-state index contributed by atoms with van der Waals surface area (Å²) in [5.74, 6) is 1.71. The van der Waals surface area contributed by atoms with Crippen LogP contribution in [0.4, 0.5) is 0 Å². The van der Waals surface area contributed by atoms with Gasteiger partial charge in [-0.05, 0) is 55.7 Å². The molecule has 0 N–H and O–H groups in total. The molecule has 2 aromatic carbocycles. The molecule has 0 amide bonds. The fraction of sp³-hybridized carbons (Fsp3) is 0.318. The number of halogens is 4. The Hall–Kier alpha value is -1.79. The summed E-state index contributed by atoms with van der Waals surface area (Å²) in [6.07, 6.45) is 4.77. The fourth-order valence-corrected chi connectivity index (χ4v) is 3.05. The molecule has 9 heteroatoms. The van der Waals surface area contributed by atoms with Gasteiger partial charge in [0.2, 0.25) is 0 Å². The van der Waals surface area contributed by atoms with Crippen LogP contribution in [-0.2, 0) is 4.84 Å². The van der Waals surface area contributed by atoms with E-state index in [0.29, 0.717) is 41.4 Å². The smallest absolute Gasteiger partial charge is 0.156 e. The topological polar surface area (TPSA) is 49.3 Å². The molecule has 0 spiro atoms. The normalized spacial score (nSPS) is 10.7. The van der Waals surface area contributed by atoms with E-state index in [9.17, 15) is 0 Å². The number of rotatable bonds is 13. The number of hydrogen-bond donors (Lipinski definition) is 0. The second-order valence-electron chi connectivity index (χ2n) is 6.15. The van der Waals surface area contributed by atoms with Crippen LogP contribution >= 0.6 is 46.4 Å². The van der Waals surface area contributed by atoms with E-state index in [-0.39, 0.29) is 11.1 Å². The van der Waals surface area contributed by atoms with Crippen molar-refractivity contribution in [2.45, 2.75) is 19.8 Å². The molecule has 0 unspecified atom stereocenters. The highest BCUT2D eigenvalue weighted by Gasteiger charge is 2.10. The molecule has 0 saturated heterocycles. The molecule has 0 saturated carbocycles. The van der Waals surface area contributed by atoms with E-state index in [1.807, 2.05) is 31.2 Å². The van der Waals surface area contributed by atoms with E-state index in [1.54, 1.807) is 18.3 Å². The molecule has 2 aromatic rings. The van der Waals surface area contributed by atoms with Gasteiger partial charge in [-0.15, -0.1) is 0 Å². The lowest BCUT2D eigenvalue weighted by atomic mass is 10.2. The third kappa shape index (κ3) is 9.92. The Balaban J connectivity index is 1.70. The molecule has 0 aromatic heterocycles. The maximum absolute atomic E-state index is 6.25. The number of unbranched alkanes of at least 4 members (excludes halogenated alkanes) is 1. The van der Waals surface area contributed by atoms with Crippen LogP contribution in [0, 0.1) is 0 Å². The third-order valence-corrected chi connectivity index (χ3v) is 4.67. The lowest BCUT2D eigenvalue weighted by Gasteiger charge is -2.12. The highest BCUT2D eigenvalue weighted by Crippen LogP contribution is 2.37. The second-order valence-corrected chi connectivity index (χ2v) is 7.97. The van der Waals surface area contributed by atoms with Crippen LogP contribution in [0.2, 0.25) is 10.0 Å². The Labute approximate surface area is 202 Å². The average Bonchev–Trinajstić information content (AvgIpc) is 2.73. The van der Waals surface area contributed by atoms with Gasteiger partial charge in [0.05, 0.1) is 29.5 Å². The number of benzene rings is 2. The summed E-state index contributed by atoms with van der Waals surface area (Å²) in [5, 5.41) is 4.57. The molecule has 0 aliphatic rings. The first kappa shape index (κ1) is 25.5. The zero-order valence-corrected chi connectivity index (χ0v) is 20.0. The molecule has 0 aliphatic carbocycles. The van der Waals surface area contributed by atoms with Crippen LogP contribution in [0.25, 0.3) is 0 Å². The summed E-state index contributed by atoms with van der Waals surface area (Å²) in [7, 11) is 0. The summed E-state index contributed by atoms with van der Waals surface area (Å²) < 4.78 is 17.1. The van der Waals surface area contributed by atoms with E-state index in [0.717, 1.165) is 24.2 Å². The molecule has 0 bridgehead atoms. The van der Waals surface area contributed by atoms with Crippen molar-refractivity contribution >= 4 is 52.6 Å². The van der Waals surface area contributed by atoms with Gasteiger partial charge in [-0.2, -0.15) is 0 Å². The van der Waals surface area contributed by atoms with Crippen LogP contribution in [0.15, 0.2) is 52.1 Å². The van der Waals surface area contributed by atoms with Crippen LogP contribution in [0.5, 0.6) is 17.2 Å². The van der Waals surface area contributed by atoms with E-state index in [4.69, 9.17) is 65.5 Å². The lowest BCUT2D eigenvalue weighted by Crippen LogP contribution is -2.03. The molecule has 0 heterocycles. The van der Waals surface area contributed by atoms with Gasteiger partial charge in [-0.1, -0.05) is 51.6 Å². The summed E-state index contributed by atoms with van der Waals surface area (Å²) in [6, 6.07) is 10.9. The van der Waals surface area contributed by atoms with Crippen molar-refractivity contribution < 1.29 is 19.0 Å². The van der Waals surface area contributed by atoms with Crippen molar-refractivity contribution in [3.8, 4) is 17.2 Å². The van der Waals surface area contributed by atoms with Crippen molar-refractivity contribution in [1.29, 1.82) is 0 Å². The highest BCUT2D eigenvalue weighted by molar-refractivity contribution is 6.55. The number of hydrogen-bond acceptors (Lipinski definition) is 5. The molecule has 5 nitrogen and oxygen atoms in total. The molecular formula is C22H23Cl4NO4. The molecule has 0 atom stereocenters. The Morgan fingerprint density at radius 1 is 0.903 bits per heavy atom. The first-order valence-corrected chi connectivity index (χ1v) is 11.1. The maximum atomic E-state index is 6.25. The van der Waals surface area contributed by atoms with Crippen molar-refractivity contribution in [1.82, 2.24) is 0 Å². The molecular weight excluding hydrogens is 484 g/mol. The number of ether oxygens (including phenoxy) is 3. The Kier molecular flexibility index (Phi) is 11.8. The first-order valence-electron chi connectivity index (χ1n) is 9.63. The van der Waals surface area contributed by atoms with Crippen molar-refractivity contribution in [2.75, 3.05) is 26.4 Å². The Morgan fingerprint density at radius 3 is 2.16 bits per heavy atom. The zero-order chi connectivity index (χ0) is 22.5. The fourth-order valence-electron chi connectivity index (χ4n) is 2.35. The summed E-state index contributed by atoms with van der Waals surface area (Å²) in [5.41, 5.74) is 0.943. The van der Waals surface area contributed by atoms with Gasteiger partial charge < -0.3 is 19.0 Å². The standard InChI is InChI=1S/C22H23Cl4NO4/c1-2-31-27-15-16-5-7-17(8-6-16)28-10-3-4-11-30-22-19(23)13-18(14-20(22)24)29-12-9-21(25)26/h5-9,13-15H,2-4,10-12H2,1H3/b27-15+. The van der Waals surface area contributed by atoms with Crippen LogP contribution in [0.3, 0.4) is 0 Å². The molecule has 0 aliphatic heterocycles. The molecule has 168 valence electrons.